The van der Waals surface area contributed by atoms with Gasteiger partial charge in [-0.25, -0.2) is 0 Å². The van der Waals surface area contributed by atoms with Crippen molar-refractivity contribution in [2.24, 2.45) is 0 Å². The van der Waals surface area contributed by atoms with Gasteiger partial charge in [0.2, 0.25) is 0 Å². The zero-order valence-corrected chi connectivity index (χ0v) is 26.1. The maximum atomic E-state index is 11.3. The third-order valence-electron chi connectivity index (χ3n) is 7.71. The number of hydrogen-bond acceptors (Lipinski definition) is 18. The molecule has 0 aromatic rings. The second kappa shape index (κ2) is 15.5. The van der Waals surface area contributed by atoms with E-state index in [1.165, 1.54) is 0 Å². The van der Waals surface area contributed by atoms with E-state index in [0.717, 1.165) is 0 Å². The fourth-order valence-corrected chi connectivity index (χ4v) is 8.14. The molecule has 252 valence electrons. The Hall–Kier alpha value is -1.99. The topological polar surface area (TPSA) is 247 Å². The van der Waals surface area contributed by atoms with Gasteiger partial charge in [0, 0.05) is 34.1 Å². The summed E-state index contributed by atoms with van der Waals surface area (Å²) in [4.78, 5) is 43.8. The number of thioether (sulfide) groups is 1. The van der Waals surface area contributed by atoms with Crippen LogP contribution in [0.25, 0.3) is 0 Å². The second-order valence-corrected chi connectivity index (χ2v) is 14.5. The zero-order chi connectivity index (χ0) is 32.1. The van der Waals surface area contributed by atoms with E-state index in [2.05, 4.69) is 14.5 Å². The van der Waals surface area contributed by atoms with Crippen molar-refractivity contribution in [2.45, 2.75) is 70.7 Å². The van der Waals surface area contributed by atoms with Crippen molar-refractivity contribution < 1.29 is 66.6 Å². The van der Waals surface area contributed by atoms with Gasteiger partial charge in [-0.15, -0.1) is 30.3 Å². The Bertz CT molecular complexity index is 1030. The lowest BCUT2D eigenvalue weighted by Crippen LogP contribution is -2.35. The van der Waals surface area contributed by atoms with E-state index >= 15 is 0 Å². The summed E-state index contributed by atoms with van der Waals surface area (Å²) in [6.07, 6.45) is 1.19. The van der Waals surface area contributed by atoms with Crippen LogP contribution in [0.15, 0.2) is 0 Å². The van der Waals surface area contributed by atoms with Gasteiger partial charge in [-0.05, 0) is 6.26 Å². The molecule has 6 fully saturated rings. The number of rotatable bonds is 9. The van der Waals surface area contributed by atoms with Crippen LogP contribution in [0.4, 0.5) is 0 Å². The minimum atomic E-state index is -1.05. The van der Waals surface area contributed by atoms with Crippen molar-refractivity contribution in [2.75, 3.05) is 58.4 Å². The van der Waals surface area contributed by atoms with Crippen LogP contribution in [0.2, 0.25) is 0 Å². The van der Waals surface area contributed by atoms with Crippen molar-refractivity contribution in [1.29, 1.82) is 0 Å². The van der Waals surface area contributed by atoms with Gasteiger partial charge < -0.3 is 42.9 Å². The van der Waals surface area contributed by atoms with E-state index in [-0.39, 0.29) is 60.0 Å². The quantitative estimate of drug-likeness (QED) is 0.193. The smallest absolute Gasteiger partial charge is 0.294 e. The van der Waals surface area contributed by atoms with E-state index in [9.17, 15) is 38.8 Å². The summed E-state index contributed by atoms with van der Waals surface area (Å²) in [6, 6.07) is 0. The fraction of sp³-hybridized carbons (Fsp3) is 1.00. The lowest BCUT2D eigenvalue weighted by Gasteiger charge is -2.13. The summed E-state index contributed by atoms with van der Waals surface area (Å²) in [5.74, 6) is 0. The molecule has 20 nitrogen and oxygen atoms in total. The van der Waals surface area contributed by atoms with E-state index in [1.807, 2.05) is 6.26 Å². The number of nitrogens with zero attached hydrogens (tertiary/aromatic N) is 3. The fourth-order valence-electron chi connectivity index (χ4n) is 5.66. The van der Waals surface area contributed by atoms with E-state index in [4.69, 9.17) is 28.4 Å². The average molecular weight is 696 g/mol. The highest BCUT2D eigenvalue weighted by molar-refractivity contribution is 7.99. The zero-order valence-electron chi connectivity index (χ0n) is 23.7. The molecule has 0 saturated carbocycles. The van der Waals surface area contributed by atoms with Gasteiger partial charge in [0.05, 0.1) is 55.4 Å². The molecule has 0 spiro atoms. The molecule has 44 heavy (non-hydrogen) atoms. The molecular formula is C21H33N3O17S3. The van der Waals surface area contributed by atoms with Crippen LogP contribution in [0.3, 0.4) is 0 Å². The number of ether oxygens (including phenoxy) is 6. The van der Waals surface area contributed by atoms with Crippen LogP contribution in [0, 0.1) is 30.3 Å². The molecule has 6 rings (SSSR count). The predicted molar refractivity (Wildman–Crippen MR) is 147 cm³/mol. The first-order chi connectivity index (χ1) is 20.9. The Kier molecular flexibility index (Phi) is 12.3. The van der Waals surface area contributed by atoms with Crippen LogP contribution in [0.5, 0.6) is 0 Å². The molecule has 6 aliphatic heterocycles. The average Bonchev–Trinajstić information content (AvgIpc) is 3.76. The van der Waals surface area contributed by atoms with E-state index in [0.29, 0.717) is 19.8 Å². The monoisotopic (exact) mass is 695 g/mol. The van der Waals surface area contributed by atoms with Gasteiger partial charge in [-0.3, -0.25) is 8.42 Å². The van der Waals surface area contributed by atoms with Crippen molar-refractivity contribution in [3.05, 3.63) is 30.3 Å². The molecular weight excluding hydrogens is 662 g/mol. The van der Waals surface area contributed by atoms with Gasteiger partial charge >= 0.3 is 0 Å². The van der Waals surface area contributed by atoms with Crippen LogP contribution in [-0.4, -0.2) is 153 Å². The largest absolute Gasteiger partial charge is 0.372 e. The maximum Gasteiger partial charge on any atom is 0.294 e. The minimum absolute atomic E-state index is 0.0602. The molecule has 6 heterocycles. The SMILES string of the molecule is CS[C@H]1CO[C@@H]2C(O[N+](=O)[O-])CO[C@H]12.C[S@@](=O)[C@H]1CO[C@@H]2C(O[N+](=O)[O-])CO[C@@H]21.C[S@](=O)[C@H]1CO[C@H]2[C@@H]1OC[C@H]2O[N+](=O)[O-]. The third kappa shape index (κ3) is 8.23. The molecule has 6 aliphatic rings. The Morgan fingerprint density at radius 2 is 0.886 bits per heavy atom. The van der Waals surface area contributed by atoms with Crippen LogP contribution in [-0.2, 0) is 64.5 Å². The van der Waals surface area contributed by atoms with Crippen molar-refractivity contribution in [3.63, 3.8) is 0 Å². The Morgan fingerprint density at radius 3 is 1.23 bits per heavy atom. The molecule has 0 aromatic carbocycles. The van der Waals surface area contributed by atoms with Gasteiger partial charge in [0.15, 0.2) is 18.3 Å². The third-order valence-corrected chi connectivity index (χ3v) is 11.2. The molecule has 0 aromatic heterocycles. The molecule has 23 heteroatoms. The summed E-state index contributed by atoms with van der Waals surface area (Å²) in [5.41, 5.74) is 0. The van der Waals surface area contributed by atoms with E-state index < -0.39 is 67.4 Å². The van der Waals surface area contributed by atoms with Crippen molar-refractivity contribution in [3.8, 4) is 0 Å². The van der Waals surface area contributed by atoms with Gasteiger partial charge in [-0.1, -0.05) is 0 Å². The van der Waals surface area contributed by atoms with E-state index in [1.54, 1.807) is 24.3 Å². The van der Waals surface area contributed by atoms with Crippen LogP contribution < -0.4 is 0 Å². The number of hydrogen-bond donors (Lipinski definition) is 0. The molecule has 2 unspecified atom stereocenters. The summed E-state index contributed by atoms with van der Waals surface area (Å²) in [5, 5.41) is 27.9. The molecule has 0 aliphatic carbocycles. The van der Waals surface area contributed by atoms with Crippen molar-refractivity contribution >= 4 is 33.4 Å². The Labute approximate surface area is 259 Å². The maximum absolute atomic E-state index is 11.3. The summed E-state index contributed by atoms with van der Waals surface area (Å²) in [6.45, 7) is 1.65. The standard InChI is InChI=1S/2C7H11NO6S.C7H11NO5S/c2*1-15(11)5-3-13-6-4(14-8(9)10)2-12-7(5)6;1-14-5-3-12-6-4(13-8(9)10)2-11-7(5)6/h2*4-7H,2-3H2,1H3;4-7H,2-3H2,1H3/t4?,5-,6+,7+,15+;4-,5+,6-,7-,15+;4?,5-,6+,7+/m010/s1. The summed E-state index contributed by atoms with van der Waals surface area (Å²) in [7, 11) is -2.11. The highest BCUT2D eigenvalue weighted by atomic mass is 32.2. The summed E-state index contributed by atoms with van der Waals surface area (Å²) >= 11 is 1.65. The molecule has 0 radical (unpaired) electrons. The Balaban J connectivity index is 0.000000151. The highest BCUT2D eigenvalue weighted by Crippen LogP contribution is 2.34. The molecule has 0 N–H and O–H groups in total. The van der Waals surface area contributed by atoms with Crippen LogP contribution >= 0.6 is 11.8 Å². The molecule has 0 amide bonds. The first kappa shape index (κ1) is 34.9. The summed E-state index contributed by atoms with van der Waals surface area (Å²) < 4.78 is 54.7. The Morgan fingerprint density at radius 1 is 0.568 bits per heavy atom. The first-order valence-corrected chi connectivity index (χ1v) is 17.7. The molecule has 6 saturated heterocycles. The number of fused-ring (bicyclic) bond motifs is 3. The molecule has 14 atom stereocenters. The van der Waals surface area contributed by atoms with Gasteiger partial charge in [-0.2, -0.15) is 11.8 Å². The second-order valence-electron chi connectivity index (χ2n) is 10.2. The van der Waals surface area contributed by atoms with Gasteiger partial charge in [0.1, 0.15) is 36.6 Å². The molecule has 0 bridgehead atoms. The lowest BCUT2D eigenvalue weighted by molar-refractivity contribution is -0.769. The van der Waals surface area contributed by atoms with Gasteiger partial charge in [0.25, 0.3) is 15.3 Å². The minimum Gasteiger partial charge on any atom is -0.372 e. The highest BCUT2D eigenvalue weighted by Gasteiger charge is 2.52. The normalized spacial score (nSPS) is 41.1. The predicted octanol–water partition coefficient (Wildman–Crippen LogP) is -1.69. The first-order valence-electron chi connectivity index (χ1n) is 13.2. The van der Waals surface area contributed by atoms with Crippen LogP contribution in [0.1, 0.15) is 0 Å². The lowest BCUT2D eigenvalue weighted by atomic mass is 10.1. The van der Waals surface area contributed by atoms with Crippen molar-refractivity contribution in [1.82, 2.24) is 0 Å².